The molecule has 0 aliphatic rings. The van der Waals surface area contributed by atoms with E-state index >= 15 is 0 Å². The Labute approximate surface area is 87.1 Å². The topological polar surface area (TPSA) is 26.0 Å². The van der Waals surface area contributed by atoms with Crippen LogP contribution in [0.25, 0.3) is 0 Å². The van der Waals surface area contributed by atoms with E-state index in [0.717, 1.165) is 6.07 Å². The van der Waals surface area contributed by atoms with Gasteiger partial charge >= 0.3 is 0 Å². The summed E-state index contributed by atoms with van der Waals surface area (Å²) in [5.41, 5.74) is 5.71. The molecule has 0 spiro atoms. The van der Waals surface area contributed by atoms with Crippen LogP contribution in [0.4, 0.5) is 13.2 Å². The molecule has 0 aromatic heterocycles. The van der Waals surface area contributed by atoms with E-state index in [0.29, 0.717) is 0 Å². The van der Waals surface area contributed by atoms with Gasteiger partial charge in [-0.1, -0.05) is 26.0 Å². The van der Waals surface area contributed by atoms with Crippen LogP contribution in [0, 0.1) is 11.7 Å². The summed E-state index contributed by atoms with van der Waals surface area (Å²) in [6.45, 7) is 3.70. The summed E-state index contributed by atoms with van der Waals surface area (Å²) in [4.78, 5) is 0. The van der Waals surface area contributed by atoms with Crippen molar-refractivity contribution in [1.82, 2.24) is 0 Å². The second-order valence-corrected chi connectivity index (χ2v) is 3.85. The second kappa shape index (κ2) is 4.66. The number of halogens is 3. The second-order valence-electron chi connectivity index (χ2n) is 3.85. The van der Waals surface area contributed by atoms with E-state index in [9.17, 15) is 13.2 Å². The van der Waals surface area contributed by atoms with Gasteiger partial charge in [0.25, 0.3) is 6.43 Å². The minimum absolute atomic E-state index is 0.0666. The van der Waals surface area contributed by atoms with Crippen LogP contribution >= 0.6 is 0 Å². The van der Waals surface area contributed by atoms with Crippen LogP contribution < -0.4 is 5.73 Å². The first-order chi connectivity index (χ1) is 6.93. The highest BCUT2D eigenvalue weighted by Crippen LogP contribution is 2.26. The molecule has 0 aliphatic heterocycles. The quantitative estimate of drug-likeness (QED) is 0.824. The number of hydrogen-bond acceptors (Lipinski definition) is 1. The van der Waals surface area contributed by atoms with Gasteiger partial charge in [0, 0.05) is 17.2 Å². The molecule has 0 saturated carbocycles. The van der Waals surface area contributed by atoms with E-state index in [1.54, 1.807) is 0 Å². The van der Waals surface area contributed by atoms with Crippen molar-refractivity contribution < 1.29 is 13.2 Å². The van der Waals surface area contributed by atoms with E-state index in [-0.39, 0.29) is 17.0 Å². The van der Waals surface area contributed by atoms with Gasteiger partial charge in [-0.3, -0.25) is 0 Å². The monoisotopic (exact) mass is 217 g/mol. The fraction of sp³-hybridized carbons (Fsp3) is 0.455. The van der Waals surface area contributed by atoms with Gasteiger partial charge in [-0.2, -0.15) is 0 Å². The zero-order chi connectivity index (χ0) is 11.6. The molecular formula is C11H14F3N. The van der Waals surface area contributed by atoms with Crippen molar-refractivity contribution in [2.45, 2.75) is 26.3 Å². The highest BCUT2D eigenvalue weighted by Gasteiger charge is 2.17. The molecule has 15 heavy (non-hydrogen) atoms. The largest absolute Gasteiger partial charge is 0.324 e. The molecule has 0 amide bonds. The molecule has 1 aromatic carbocycles. The van der Waals surface area contributed by atoms with Gasteiger partial charge in [-0.05, 0) is 12.0 Å². The lowest BCUT2D eigenvalue weighted by Gasteiger charge is -2.17. The summed E-state index contributed by atoms with van der Waals surface area (Å²) in [5, 5.41) is 0. The first-order valence-corrected chi connectivity index (χ1v) is 4.76. The van der Waals surface area contributed by atoms with Crippen LogP contribution in [0.15, 0.2) is 18.2 Å². The maximum absolute atomic E-state index is 13.4. The van der Waals surface area contributed by atoms with Crippen molar-refractivity contribution in [3.05, 3.63) is 35.1 Å². The molecule has 1 unspecified atom stereocenters. The zero-order valence-electron chi connectivity index (χ0n) is 8.68. The fourth-order valence-corrected chi connectivity index (χ4v) is 1.31. The lowest BCUT2D eigenvalue weighted by Crippen LogP contribution is -2.18. The van der Waals surface area contributed by atoms with Crippen molar-refractivity contribution in [3.63, 3.8) is 0 Å². The highest BCUT2D eigenvalue weighted by molar-refractivity contribution is 5.27. The first kappa shape index (κ1) is 12.0. The molecule has 1 atom stereocenters. The van der Waals surface area contributed by atoms with Crippen LogP contribution in [0.2, 0.25) is 0 Å². The Balaban J connectivity index is 3.03. The molecule has 0 heterocycles. The summed E-state index contributed by atoms with van der Waals surface area (Å²) in [7, 11) is 0. The number of alkyl halides is 2. The van der Waals surface area contributed by atoms with Crippen LogP contribution in [-0.4, -0.2) is 0 Å². The number of hydrogen-bond donors (Lipinski definition) is 1. The first-order valence-electron chi connectivity index (χ1n) is 4.76. The summed E-state index contributed by atoms with van der Waals surface area (Å²) >= 11 is 0. The van der Waals surface area contributed by atoms with Gasteiger partial charge in [0.1, 0.15) is 5.82 Å². The Morgan fingerprint density at radius 2 is 1.80 bits per heavy atom. The number of nitrogens with two attached hydrogens (primary N) is 1. The third-order valence-corrected chi connectivity index (χ3v) is 2.35. The lowest BCUT2D eigenvalue weighted by atomic mass is 9.96. The van der Waals surface area contributed by atoms with Crippen LogP contribution in [-0.2, 0) is 0 Å². The Morgan fingerprint density at radius 1 is 1.20 bits per heavy atom. The van der Waals surface area contributed by atoms with Gasteiger partial charge in [-0.25, -0.2) is 13.2 Å². The summed E-state index contributed by atoms with van der Waals surface area (Å²) in [5.74, 6) is -0.592. The van der Waals surface area contributed by atoms with Crippen molar-refractivity contribution in [1.29, 1.82) is 0 Å². The third kappa shape index (κ3) is 2.72. The molecule has 1 nitrogen and oxygen atoms in total. The van der Waals surface area contributed by atoms with Crippen molar-refractivity contribution >= 4 is 0 Å². The standard InChI is InChI=1S/C11H14F3N/c1-6(2)10(15)8-4-3-7(11(13)14)5-9(8)12/h3-6,10-11H,15H2,1-2H3. The van der Waals surface area contributed by atoms with Crippen LogP contribution in [0.5, 0.6) is 0 Å². The molecular weight excluding hydrogens is 203 g/mol. The van der Waals surface area contributed by atoms with E-state index in [4.69, 9.17) is 5.73 Å². The van der Waals surface area contributed by atoms with Crippen molar-refractivity contribution in [3.8, 4) is 0 Å². The maximum atomic E-state index is 13.4. The van der Waals surface area contributed by atoms with Gasteiger partial charge in [0.05, 0.1) is 0 Å². The van der Waals surface area contributed by atoms with E-state index in [1.165, 1.54) is 12.1 Å². The van der Waals surface area contributed by atoms with Gasteiger partial charge < -0.3 is 5.73 Å². The molecule has 0 fully saturated rings. The average molecular weight is 217 g/mol. The molecule has 0 saturated heterocycles. The Bertz CT molecular complexity index is 337. The Hall–Kier alpha value is -1.03. The smallest absolute Gasteiger partial charge is 0.263 e. The summed E-state index contributed by atoms with van der Waals surface area (Å²) < 4.78 is 37.9. The van der Waals surface area contributed by atoms with Crippen LogP contribution in [0.3, 0.4) is 0 Å². The molecule has 0 aliphatic carbocycles. The average Bonchev–Trinajstić information content (AvgIpc) is 2.16. The molecule has 4 heteroatoms. The zero-order valence-corrected chi connectivity index (χ0v) is 8.68. The molecule has 0 bridgehead atoms. The van der Waals surface area contributed by atoms with Crippen molar-refractivity contribution in [2.75, 3.05) is 0 Å². The SMILES string of the molecule is CC(C)C(N)c1ccc(C(F)F)cc1F. The molecule has 2 N–H and O–H groups in total. The Morgan fingerprint density at radius 3 is 2.20 bits per heavy atom. The number of benzene rings is 1. The number of rotatable bonds is 3. The molecule has 0 radical (unpaired) electrons. The van der Waals surface area contributed by atoms with E-state index < -0.39 is 18.3 Å². The fourth-order valence-electron chi connectivity index (χ4n) is 1.31. The van der Waals surface area contributed by atoms with Crippen molar-refractivity contribution in [2.24, 2.45) is 11.7 Å². The summed E-state index contributed by atoms with van der Waals surface area (Å²) in [6, 6.07) is 2.94. The summed E-state index contributed by atoms with van der Waals surface area (Å²) in [6.07, 6.45) is -2.65. The van der Waals surface area contributed by atoms with Gasteiger partial charge in [0.15, 0.2) is 0 Å². The molecule has 1 rings (SSSR count). The van der Waals surface area contributed by atoms with Crippen LogP contribution in [0.1, 0.15) is 37.4 Å². The third-order valence-electron chi connectivity index (χ3n) is 2.35. The molecule has 1 aromatic rings. The predicted molar refractivity (Wildman–Crippen MR) is 53.1 cm³/mol. The normalized spacial score (nSPS) is 13.6. The highest BCUT2D eigenvalue weighted by atomic mass is 19.3. The molecule has 84 valence electrons. The predicted octanol–water partition coefficient (Wildman–Crippen LogP) is 3.42. The maximum Gasteiger partial charge on any atom is 0.263 e. The van der Waals surface area contributed by atoms with Gasteiger partial charge in [0.2, 0.25) is 0 Å². The lowest BCUT2D eigenvalue weighted by molar-refractivity contribution is 0.151. The minimum Gasteiger partial charge on any atom is -0.324 e. The van der Waals surface area contributed by atoms with E-state index in [1.807, 2.05) is 13.8 Å². The van der Waals surface area contributed by atoms with E-state index in [2.05, 4.69) is 0 Å². The minimum atomic E-state index is -2.65. The Kier molecular flexibility index (Phi) is 3.74. The van der Waals surface area contributed by atoms with Gasteiger partial charge in [-0.15, -0.1) is 0 Å².